The van der Waals surface area contributed by atoms with Gasteiger partial charge in [0.05, 0.1) is 10.9 Å². The van der Waals surface area contributed by atoms with Crippen molar-refractivity contribution in [1.29, 1.82) is 0 Å². The van der Waals surface area contributed by atoms with Crippen LogP contribution < -0.4 is 5.63 Å². The van der Waals surface area contributed by atoms with Crippen molar-refractivity contribution in [1.82, 2.24) is 0 Å². The van der Waals surface area contributed by atoms with E-state index in [1.54, 1.807) is 6.07 Å². The van der Waals surface area contributed by atoms with E-state index in [1.807, 2.05) is 45.0 Å². The molecule has 0 aliphatic heterocycles. The van der Waals surface area contributed by atoms with Crippen molar-refractivity contribution in [3.8, 4) is 11.3 Å². The summed E-state index contributed by atoms with van der Waals surface area (Å²) in [6.07, 6.45) is 0.645. The predicted molar refractivity (Wildman–Crippen MR) is 119 cm³/mol. The molecule has 0 fully saturated rings. The van der Waals surface area contributed by atoms with E-state index in [0.717, 1.165) is 21.2 Å². The van der Waals surface area contributed by atoms with Crippen LogP contribution in [0.2, 0.25) is 0 Å². The second-order valence-electron chi connectivity index (χ2n) is 9.46. The summed E-state index contributed by atoms with van der Waals surface area (Å²) in [4.78, 5) is 25.1. The van der Waals surface area contributed by atoms with Gasteiger partial charge in [0.2, 0.25) is 0 Å². The van der Waals surface area contributed by atoms with E-state index >= 15 is 0 Å². The Kier molecular flexibility index (Phi) is 5.65. The summed E-state index contributed by atoms with van der Waals surface area (Å²) in [6.45, 7) is 11.9. The van der Waals surface area contributed by atoms with Crippen molar-refractivity contribution in [2.45, 2.75) is 59.8 Å². The summed E-state index contributed by atoms with van der Waals surface area (Å²) >= 11 is 3.42. The molecule has 154 valence electrons. The van der Waals surface area contributed by atoms with Crippen molar-refractivity contribution in [2.24, 2.45) is 5.41 Å². The summed E-state index contributed by atoms with van der Waals surface area (Å²) in [6, 6.07) is 9.40. The molecular formula is C24H27BrO4. The van der Waals surface area contributed by atoms with Gasteiger partial charge in [-0.05, 0) is 24.3 Å². The lowest BCUT2D eigenvalue weighted by molar-refractivity contribution is -0.126. The zero-order valence-electron chi connectivity index (χ0n) is 17.8. The first-order valence-corrected chi connectivity index (χ1v) is 10.6. The van der Waals surface area contributed by atoms with E-state index in [0.29, 0.717) is 29.7 Å². The van der Waals surface area contributed by atoms with Crippen LogP contribution in [0.4, 0.5) is 0 Å². The van der Waals surface area contributed by atoms with Gasteiger partial charge in [-0.25, -0.2) is 4.79 Å². The minimum Gasteiger partial charge on any atom is -0.460 e. The number of benzene rings is 1. The van der Waals surface area contributed by atoms with Crippen LogP contribution in [0.1, 0.15) is 59.5 Å². The van der Waals surface area contributed by atoms with Crippen LogP contribution in [0.3, 0.4) is 0 Å². The van der Waals surface area contributed by atoms with Gasteiger partial charge in [-0.2, -0.15) is 0 Å². The van der Waals surface area contributed by atoms with Gasteiger partial charge in [-0.3, -0.25) is 4.79 Å². The Morgan fingerprint density at radius 1 is 0.966 bits per heavy atom. The van der Waals surface area contributed by atoms with Crippen molar-refractivity contribution in [2.75, 3.05) is 0 Å². The molecule has 0 radical (unpaired) electrons. The molecule has 0 bridgehead atoms. The number of halogens is 1. The Hall–Kier alpha value is -2.14. The SMILES string of the molecule is CC(C)(C)C(=O)CCc1oc(=O)c2cc(Br)ccc2c1-c1ccc(C(C)(C)C)o1. The van der Waals surface area contributed by atoms with Gasteiger partial charge in [-0.1, -0.05) is 63.5 Å². The maximum absolute atomic E-state index is 12.6. The number of carbonyl (C=O) groups excluding carboxylic acids is 1. The number of Topliss-reactive ketones (excluding diaryl/α,β-unsaturated/α-hetero) is 1. The van der Waals surface area contributed by atoms with Crippen molar-refractivity contribution >= 4 is 32.5 Å². The molecule has 4 nitrogen and oxygen atoms in total. The number of carbonyl (C=O) groups is 1. The molecule has 29 heavy (non-hydrogen) atoms. The smallest absolute Gasteiger partial charge is 0.343 e. The third-order valence-electron chi connectivity index (χ3n) is 4.97. The number of fused-ring (bicyclic) bond motifs is 1. The molecule has 0 saturated heterocycles. The minimum absolute atomic E-state index is 0.122. The zero-order valence-corrected chi connectivity index (χ0v) is 19.4. The van der Waals surface area contributed by atoms with Crippen LogP contribution in [0.5, 0.6) is 0 Å². The lowest BCUT2D eigenvalue weighted by Crippen LogP contribution is -2.20. The molecule has 5 heteroatoms. The molecule has 0 saturated carbocycles. The summed E-state index contributed by atoms with van der Waals surface area (Å²) in [5.41, 5.74) is -0.253. The van der Waals surface area contributed by atoms with Crippen molar-refractivity contribution in [3.63, 3.8) is 0 Å². The number of rotatable bonds is 4. The Bertz CT molecular complexity index is 1120. The normalized spacial score (nSPS) is 12.5. The second kappa shape index (κ2) is 7.60. The Labute approximate surface area is 179 Å². The number of ketones is 1. The lowest BCUT2D eigenvalue weighted by Gasteiger charge is -2.17. The van der Waals surface area contributed by atoms with Crippen LogP contribution in [0, 0.1) is 5.41 Å². The first-order valence-electron chi connectivity index (χ1n) is 9.77. The van der Waals surface area contributed by atoms with E-state index in [2.05, 4.69) is 36.7 Å². The van der Waals surface area contributed by atoms with E-state index in [4.69, 9.17) is 8.83 Å². The maximum Gasteiger partial charge on any atom is 0.343 e. The number of hydrogen-bond donors (Lipinski definition) is 0. The fourth-order valence-corrected chi connectivity index (χ4v) is 3.56. The van der Waals surface area contributed by atoms with Crippen LogP contribution in [-0.2, 0) is 16.6 Å². The zero-order chi connectivity index (χ0) is 21.6. The van der Waals surface area contributed by atoms with E-state index in [9.17, 15) is 9.59 Å². The second-order valence-corrected chi connectivity index (χ2v) is 10.4. The average molecular weight is 459 g/mol. The highest BCUT2D eigenvalue weighted by molar-refractivity contribution is 9.10. The highest BCUT2D eigenvalue weighted by atomic mass is 79.9. The Balaban J connectivity index is 2.19. The first-order chi connectivity index (χ1) is 13.4. The summed E-state index contributed by atoms with van der Waals surface area (Å²) in [7, 11) is 0. The molecular weight excluding hydrogens is 432 g/mol. The third kappa shape index (κ3) is 4.55. The largest absolute Gasteiger partial charge is 0.460 e. The van der Waals surface area contributed by atoms with Gasteiger partial charge < -0.3 is 8.83 Å². The van der Waals surface area contributed by atoms with Crippen LogP contribution in [-0.4, -0.2) is 5.78 Å². The summed E-state index contributed by atoms with van der Waals surface area (Å²) < 4.78 is 12.7. The Morgan fingerprint density at radius 2 is 1.66 bits per heavy atom. The number of furan rings is 1. The van der Waals surface area contributed by atoms with Gasteiger partial charge in [0, 0.05) is 33.5 Å². The summed E-state index contributed by atoms with van der Waals surface area (Å²) in [5, 5.41) is 1.24. The van der Waals surface area contributed by atoms with Crippen molar-refractivity contribution < 1.29 is 13.6 Å². The Morgan fingerprint density at radius 3 is 2.24 bits per heavy atom. The fraction of sp³-hybridized carbons (Fsp3) is 0.417. The lowest BCUT2D eigenvalue weighted by atomic mass is 9.87. The third-order valence-corrected chi connectivity index (χ3v) is 5.47. The maximum atomic E-state index is 12.6. The van der Waals surface area contributed by atoms with Gasteiger partial charge >= 0.3 is 5.63 Å². The average Bonchev–Trinajstić information content (AvgIpc) is 3.09. The molecule has 0 aliphatic rings. The monoisotopic (exact) mass is 458 g/mol. The molecule has 0 spiro atoms. The standard InChI is InChI=1S/C24H27BrO4/c1-23(2,3)19(26)11-9-18-21(17-10-12-20(28-17)24(4,5)6)15-8-7-14(25)13-16(15)22(27)29-18/h7-8,10,12-13H,9,11H2,1-6H3. The van der Waals surface area contributed by atoms with E-state index in [1.165, 1.54) is 0 Å². The van der Waals surface area contributed by atoms with Crippen LogP contribution in [0.25, 0.3) is 22.1 Å². The molecule has 1 aromatic carbocycles. The molecule has 0 unspecified atom stereocenters. The quantitative estimate of drug-likeness (QED) is 0.438. The van der Waals surface area contributed by atoms with Gasteiger partial charge in [0.15, 0.2) is 0 Å². The number of aryl methyl sites for hydroxylation is 1. The molecule has 2 heterocycles. The molecule has 0 atom stereocenters. The molecule has 0 aliphatic carbocycles. The highest BCUT2D eigenvalue weighted by Gasteiger charge is 2.25. The first kappa shape index (κ1) is 21.6. The van der Waals surface area contributed by atoms with Crippen LogP contribution >= 0.6 is 15.9 Å². The predicted octanol–water partition coefficient (Wildman–Crippen LogP) is 6.66. The van der Waals surface area contributed by atoms with Crippen LogP contribution in [0.15, 0.2) is 48.4 Å². The van der Waals surface area contributed by atoms with Gasteiger partial charge in [0.1, 0.15) is 23.1 Å². The van der Waals surface area contributed by atoms with E-state index in [-0.39, 0.29) is 11.2 Å². The fourth-order valence-electron chi connectivity index (χ4n) is 3.20. The topological polar surface area (TPSA) is 60.4 Å². The highest BCUT2D eigenvalue weighted by Crippen LogP contribution is 2.36. The molecule has 0 N–H and O–H groups in total. The molecule has 3 aromatic rings. The molecule has 3 rings (SSSR count). The van der Waals surface area contributed by atoms with E-state index < -0.39 is 11.0 Å². The molecule has 0 amide bonds. The van der Waals surface area contributed by atoms with Crippen molar-refractivity contribution in [3.05, 3.63) is 56.7 Å². The number of hydrogen-bond acceptors (Lipinski definition) is 4. The van der Waals surface area contributed by atoms with Gasteiger partial charge in [-0.15, -0.1) is 0 Å². The minimum atomic E-state index is -0.438. The van der Waals surface area contributed by atoms with Gasteiger partial charge in [0.25, 0.3) is 0 Å². The summed E-state index contributed by atoms with van der Waals surface area (Å²) in [5.74, 6) is 2.10. The molecule has 2 aromatic heterocycles.